The van der Waals surface area contributed by atoms with E-state index in [9.17, 15) is 14.4 Å². The SMILES string of the molecule is CCCCn1c(N)c(N(Cc2ccccc2)Cc2cccc(C(N)=O)c2)c(=O)[nH]c1=O. The molecule has 0 saturated heterocycles. The van der Waals surface area contributed by atoms with Crippen LogP contribution in [0.4, 0.5) is 11.5 Å². The number of hydrogen-bond acceptors (Lipinski definition) is 5. The van der Waals surface area contributed by atoms with Gasteiger partial charge in [-0.1, -0.05) is 55.8 Å². The van der Waals surface area contributed by atoms with Crippen LogP contribution in [0.1, 0.15) is 41.3 Å². The second kappa shape index (κ2) is 9.80. The zero-order valence-electron chi connectivity index (χ0n) is 17.5. The van der Waals surface area contributed by atoms with Crippen LogP contribution in [-0.4, -0.2) is 15.5 Å². The van der Waals surface area contributed by atoms with Gasteiger partial charge in [0, 0.05) is 25.2 Å². The van der Waals surface area contributed by atoms with Gasteiger partial charge in [-0.25, -0.2) is 4.79 Å². The van der Waals surface area contributed by atoms with Gasteiger partial charge >= 0.3 is 5.69 Å². The largest absolute Gasteiger partial charge is 0.383 e. The van der Waals surface area contributed by atoms with E-state index in [1.807, 2.05) is 48.2 Å². The van der Waals surface area contributed by atoms with E-state index in [0.29, 0.717) is 25.2 Å². The molecule has 0 aliphatic heterocycles. The Morgan fingerprint density at radius 2 is 1.71 bits per heavy atom. The predicted molar refractivity (Wildman–Crippen MR) is 122 cm³/mol. The summed E-state index contributed by atoms with van der Waals surface area (Å²) >= 11 is 0. The number of nitrogen functional groups attached to an aromatic ring is 1. The number of rotatable bonds is 9. The quantitative estimate of drug-likeness (QED) is 0.488. The minimum Gasteiger partial charge on any atom is -0.383 e. The fraction of sp³-hybridized carbons (Fsp3) is 0.261. The number of amides is 1. The summed E-state index contributed by atoms with van der Waals surface area (Å²) in [6.45, 7) is 3.12. The van der Waals surface area contributed by atoms with Crippen molar-refractivity contribution in [2.75, 3.05) is 10.6 Å². The molecule has 162 valence electrons. The van der Waals surface area contributed by atoms with Crippen LogP contribution in [0.25, 0.3) is 0 Å². The Balaban J connectivity index is 2.08. The van der Waals surface area contributed by atoms with Crippen molar-refractivity contribution >= 4 is 17.4 Å². The molecule has 0 spiro atoms. The van der Waals surface area contributed by atoms with E-state index < -0.39 is 17.2 Å². The number of nitrogens with zero attached hydrogens (tertiary/aromatic N) is 2. The summed E-state index contributed by atoms with van der Waals surface area (Å²) in [7, 11) is 0. The van der Waals surface area contributed by atoms with Crippen LogP contribution in [0, 0.1) is 0 Å². The van der Waals surface area contributed by atoms with Crippen molar-refractivity contribution in [1.82, 2.24) is 9.55 Å². The molecule has 0 unspecified atom stereocenters. The van der Waals surface area contributed by atoms with E-state index in [1.165, 1.54) is 4.57 Å². The molecule has 0 atom stereocenters. The molecule has 8 heteroatoms. The van der Waals surface area contributed by atoms with Crippen LogP contribution < -0.4 is 27.6 Å². The maximum Gasteiger partial charge on any atom is 0.330 e. The highest BCUT2D eigenvalue weighted by molar-refractivity contribution is 5.92. The monoisotopic (exact) mass is 421 g/mol. The number of anilines is 2. The highest BCUT2D eigenvalue weighted by Gasteiger charge is 2.20. The van der Waals surface area contributed by atoms with Gasteiger partial charge in [0.2, 0.25) is 5.91 Å². The summed E-state index contributed by atoms with van der Waals surface area (Å²) < 4.78 is 1.40. The molecule has 3 aromatic rings. The normalized spacial score (nSPS) is 10.7. The first-order valence-electron chi connectivity index (χ1n) is 10.2. The Hall–Kier alpha value is -3.81. The van der Waals surface area contributed by atoms with Crippen molar-refractivity contribution in [1.29, 1.82) is 0 Å². The molecule has 31 heavy (non-hydrogen) atoms. The van der Waals surface area contributed by atoms with Gasteiger partial charge < -0.3 is 16.4 Å². The van der Waals surface area contributed by atoms with Crippen molar-refractivity contribution in [2.24, 2.45) is 5.73 Å². The average Bonchev–Trinajstić information content (AvgIpc) is 2.74. The number of aromatic amines is 1. The van der Waals surface area contributed by atoms with Crippen LogP contribution in [0.2, 0.25) is 0 Å². The molecule has 2 aromatic carbocycles. The molecular formula is C23H27N5O3. The zero-order valence-corrected chi connectivity index (χ0v) is 17.5. The Kier molecular flexibility index (Phi) is 6.92. The number of benzene rings is 2. The number of H-pyrrole nitrogens is 1. The highest BCUT2D eigenvalue weighted by Crippen LogP contribution is 2.22. The lowest BCUT2D eigenvalue weighted by Gasteiger charge is -2.26. The Morgan fingerprint density at radius 1 is 1.03 bits per heavy atom. The van der Waals surface area contributed by atoms with Gasteiger partial charge in [-0.15, -0.1) is 0 Å². The number of hydrogen-bond donors (Lipinski definition) is 3. The van der Waals surface area contributed by atoms with Gasteiger partial charge in [-0.3, -0.25) is 19.1 Å². The van der Waals surface area contributed by atoms with Crippen molar-refractivity contribution in [3.63, 3.8) is 0 Å². The van der Waals surface area contributed by atoms with Gasteiger partial charge in [0.15, 0.2) is 0 Å². The topological polar surface area (TPSA) is 127 Å². The third-order valence-electron chi connectivity index (χ3n) is 5.07. The van der Waals surface area contributed by atoms with E-state index in [1.54, 1.807) is 18.2 Å². The van der Waals surface area contributed by atoms with Crippen LogP contribution in [0.5, 0.6) is 0 Å². The standard InChI is InChI=1S/C23H27N5O3/c1-2-3-12-28-20(24)19(22(30)26-23(28)31)27(14-16-8-5-4-6-9-16)15-17-10-7-11-18(13-17)21(25)29/h4-11,13H,2-3,12,14-15,24H2,1H3,(H2,25,29)(H,26,30,31). The van der Waals surface area contributed by atoms with Crippen LogP contribution in [0.15, 0.2) is 64.2 Å². The molecule has 1 amide bonds. The zero-order chi connectivity index (χ0) is 22.4. The first-order chi connectivity index (χ1) is 14.9. The maximum absolute atomic E-state index is 12.8. The molecule has 0 bridgehead atoms. The number of unbranched alkanes of at least 4 members (excludes halogenated alkanes) is 1. The van der Waals surface area contributed by atoms with Crippen LogP contribution in [0.3, 0.4) is 0 Å². The van der Waals surface area contributed by atoms with Crippen molar-refractivity contribution < 1.29 is 4.79 Å². The van der Waals surface area contributed by atoms with Gasteiger partial charge in [0.25, 0.3) is 5.56 Å². The molecule has 0 saturated carbocycles. The minimum atomic E-state index is -0.544. The van der Waals surface area contributed by atoms with Crippen LogP contribution >= 0.6 is 0 Å². The molecule has 0 radical (unpaired) electrons. The number of aromatic nitrogens is 2. The summed E-state index contributed by atoms with van der Waals surface area (Å²) in [6, 6.07) is 16.6. The Morgan fingerprint density at radius 3 is 2.39 bits per heavy atom. The third-order valence-corrected chi connectivity index (χ3v) is 5.07. The summed E-state index contributed by atoms with van der Waals surface area (Å²) in [5.74, 6) is -0.397. The molecule has 0 aliphatic rings. The van der Waals surface area contributed by atoms with Crippen molar-refractivity contribution in [3.8, 4) is 0 Å². The fourth-order valence-electron chi connectivity index (χ4n) is 3.48. The second-order valence-corrected chi connectivity index (χ2v) is 7.40. The van der Waals surface area contributed by atoms with Crippen molar-refractivity contribution in [2.45, 2.75) is 39.4 Å². The number of nitrogens with two attached hydrogens (primary N) is 2. The lowest BCUT2D eigenvalue weighted by atomic mass is 10.1. The summed E-state index contributed by atoms with van der Waals surface area (Å²) in [5.41, 5.74) is 13.1. The second-order valence-electron chi connectivity index (χ2n) is 7.40. The van der Waals surface area contributed by atoms with Gasteiger partial charge in [0.05, 0.1) is 0 Å². The lowest BCUT2D eigenvalue weighted by Crippen LogP contribution is -2.38. The average molecular weight is 422 g/mol. The fourth-order valence-corrected chi connectivity index (χ4v) is 3.48. The Labute approximate surface area is 180 Å². The first kappa shape index (κ1) is 21.9. The molecule has 3 rings (SSSR count). The smallest absolute Gasteiger partial charge is 0.330 e. The molecule has 1 heterocycles. The van der Waals surface area contributed by atoms with Gasteiger partial charge in [-0.05, 0) is 29.7 Å². The van der Waals surface area contributed by atoms with E-state index in [2.05, 4.69) is 4.98 Å². The highest BCUT2D eigenvalue weighted by atomic mass is 16.2. The first-order valence-corrected chi connectivity index (χ1v) is 10.2. The predicted octanol–water partition coefficient (Wildman–Crippen LogP) is 2.22. The molecule has 0 fully saturated rings. The summed E-state index contributed by atoms with van der Waals surface area (Å²) in [6.07, 6.45) is 1.64. The third kappa shape index (κ3) is 5.22. The number of carbonyl (C=O) groups is 1. The molecular weight excluding hydrogens is 394 g/mol. The van der Waals surface area contributed by atoms with E-state index in [4.69, 9.17) is 11.5 Å². The van der Waals surface area contributed by atoms with E-state index >= 15 is 0 Å². The lowest BCUT2D eigenvalue weighted by molar-refractivity contribution is 0.1000. The maximum atomic E-state index is 12.8. The van der Waals surface area contributed by atoms with Gasteiger partial charge in [0.1, 0.15) is 11.5 Å². The molecule has 1 aromatic heterocycles. The van der Waals surface area contributed by atoms with Crippen molar-refractivity contribution in [3.05, 3.63) is 92.1 Å². The van der Waals surface area contributed by atoms with E-state index in [0.717, 1.165) is 24.0 Å². The number of carbonyl (C=O) groups excluding carboxylic acids is 1. The number of primary amides is 1. The minimum absolute atomic E-state index is 0.129. The Bertz CT molecular complexity index is 1170. The summed E-state index contributed by atoms with van der Waals surface area (Å²) in [4.78, 5) is 40.9. The summed E-state index contributed by atoms with van der Waals surface area (Å²) in [5, 5.41) is 0. The molecule has 5 N–H and O–H groups in total. The van der Waals surface area contributed by atoms with E-state index in [-0.39, 0.29) is 11.5 Å². The van der Waals surface area contributed by atoms with Crippen LogP contribution in [-0.2, 0) is 19.6 Å². The molecule has 0 aliphatic carbocycles. The molecule has 8 nitrogen and oxygen atoms in total. The van der Waals surface area contributed by atoms with Gasteiger partial charge in [-0.2, -0.15) is 0 Å². The number of nitrogens with one attached hydrogen (secondary N) is 1.